The number of nitrogens with one attached hydrogen (secondary N) is 1. The minimum atomic E-state index is -0.216. The largest absolute Gasteiger partial charge is 0.373 e. The van der Waals surface area contributed by atoms with Crippen molar-refractivity contribution in [1.29, 1.82) is 0 Å². The fraction of sp³-hybridized carbons (Fsp3) is 0.722. The van der Waals surface area contributed by atoms with E-state index in [0.717, 1.165) is 39.0 Å². The van der Waals surface area contributed by atoms with Crippen molar-refractivity contribution >= 4 is 5.91 Å². The van der Waals surface area contributed by atoms with E-state index in [4.69, 9.17) is 4.74 Å². The molecule has 0 unspecified atom stereocenters. The molecule has 0 aromatic carbocycles. The predicted octanol–water partition coefficient (Wildman–Crippen LogP) is 0.721. The van der Waals surface area contributed by atoms with Gasteiger partial charge in [-0.1, -0.05) is 0 Å². The molecule has 3 rings (SSSR count). The molecule has 138 valence electrons. The molecule has 0 saturated carbocycles. The number of nitrogens with zero attached hydrogens (tertiary/aromatic N) is 3. The monoisotopic (exact) mass is 348 g/mol. The van der Waals surface area contributed by atoms with Crippen molar-refractivity contribution < 1.29 is 9.53 Å². The van der Waals surface area contributed by atoms with Crippen LogP contribution in [0, 0.1) is 6.92 Å². The second kappa shape index (κ2) is 7.66. The molecule has 2 aliphatic heterocycles. The number of aromatic amines is 1. The minimum Gasteiger partial charge on any atom is -0.373 e. The van der Waals surface area contributed by atoms with Gasteiger partial charge in [0.25, 0.3) is 5.56 Å². The zero-order chi connectivity index (χ0) is 18.0. The maximum absolute atomic E-state index is 12.5. The molecule has 1 aromatic rings. The Morgan fingerprint density at radius 2 is 1.92 bits per heavy atom. The first kappa shape index (κ1) is 18.1. The maximum Gasteiger partial charge on any atom is 0.254 e. The fourth-order valence-corrected chi connectivity index (χ4v) is 3.91. The molecule has 1 N–H and O–H groups in total. The van der Waals surface area contributed by atoms with Crippen molar-refractivity contribution in [1.82, 2.24) is 19.8 Å². The molecule has 2 aliphatic rings. The van der Waals surface area contributed by atoms with Gasteiger partial charge in [-0.25, -0.2) is 4.98 Å². The number of piperidine rings is 1. The summed E-state index contributed by atoms with van der Waals surface area (Å²) in [4.78, 5) is 35.5. The fourth-order valence-electron chi connectivity index (χ4n) is 3.91. The van der Waals surface area contributed by atoms with E-state index in [1.54, 1.807) is 6.92 Å². The van der Waals surface area contributed by atoms with Gasteiger partial charge in [-0.05, 0) is 33.6 Å². The SMILES string of the molecule is Cc1ncc(CC(=O)N2CCC(N3C[C@@H](C)O[C@@H](C)C3)CC2)c(=O)[nH]1. The smallest absolute Gasteiger partial charge is 0.254 e. The number of rotatable bonds is 3. The number of hydrogen-bond acceptors (Lipinski definition) is 5. The lowest BCUT2D eigenvalue weighted by molar-refractivity contribution is -0.133. The van der Waals surface area contributed by atoms with E-state index < -0.39 is 0 Å². The highest BCUT2D eigenvalue weighted by Crippen LogP contribution is 2.21. The molecule has 1 amide bonds. The number of carbonyl (C=O) groups is 1. The Kier molecular flexibility index (Phi) is 5.54. The molecule has 0 aliphatic carbocycles. The van der Waals surface area contributed by atoms with Gasteiger partial charge in [-0.2, -0.15) is 0 Å². The van der Waals surface area contributed by atoms with Crippen molar-refractivity contribution in [3.05, 3.63) is 27.9 Å². The van der Waals surface area contributed by atoms with Crippen molar-refractivity contribution in [3.63, 3.8) is 0 Å². The number of morpholine rings is 1. The van der Waals surface area contributed by atoms with Gasteiger partial charge < -0.3 is 14.6 Å². The van der Waals surface area contributed by atoms with Crippen molar-refractivity contribution in [2.45, 2.75) is 58.3 Å². The summed E-state index contributed by atoms with van der Waals surface area (Å²) in [5.74, 6) is 0.578. The molecule has 7 nitrogen and oxygen atoms in total. The maximum atomic E-state index is 12.5. The van der Waals surface area contributed by atoms with E-state index in [9.17, 15) is 9.59 Å². The minimum absolute atomic E-state index is 0.0123. The second-order valence-electron chi connectivity index (χ2n) is 7.32. The molecule has 3 heterocycles. The van der Waals surface area contributed by atoms with Crippen LogP contribution in [-0.4, -0.2) is 70.1 Å². The van der Waals surface area contributed by atoms with E-state index >= 15 is 0 Å². The predicted molar refractivity (Wildman–Crippen MR) is 94.5 cm³/mol. The summed E-state index contributed by atoms with van der Waals surface area (Å²) in [6.07, 6.45) is 4.13. The zero-order valence-corrected chi connectivity index (χ0v) is 15.3. The quantitative estimate of drug-likeness (QED) is 0.871. The number of aromatic nitrogens is 2. The number of likely N-dealkylation sites (tertiary alicyclic amines) is 1. The van der Waals surface area contributed by atoms with Crippen LogP contribution in [0.3, 0.4) is 0 Å². The number of hydrogen-bond donors (Lipinski definition) is 1. The Hall–Kier alpha value is -1.73. The topological polar surface area (TPSA) is 78.5 Å². The number of aryl methyl sites for hydroxylation is 1. The van der Waals surface area contributed by atoms with Crippen LogP contribution in [0.5, 0.6) is 0 Å². The van der Waals surface area contributed by atoms with Crippen LogP contribution in [0.15, 0.2) is 11.0 Å². The van der Waals surface area contributed by atoms with Gasteiger partial charge in [0.05, 0.1) is 18.6 Å². The number of ether oxygens (including phenoxy) is 1. The lowest BCUT2D eigenvalue weighted by Crippen LogP contribution is -2.54. The first-order valence-corrected chi connectivity index (χ1v) is 9.14. The average molecular weight is 348 g/mol. The Balaban J connectivity index is 1.53. The van der Waals surface area contributed by atoms with E-state index in [0.29, 0.717) is 17.4 Å². The van der Waals surface area contributed by atoms with Crippen LogP contribution >= 0.6 is 0 Å². The molecule has 25 heavy (non-hydrogen) atoms. The Bertz CT molecular complexity index is 657. The molecule has 2 atom stereocenters. The van der Waals surface area contributed by atoms with Gasteiger partial charge in [0.1, 0.15) is 5.82 Å². The number of carbonyl (C=O) groups excluding carboxylic acids is 1. The molecular formula is C18H28N4O3. The Morgan fingerprint density at radius 1 is 1.28 bits per heavy atom. The summed E-state index contributed by atoms with van der Waals surface area (Å²) in [6.45, 7) is 9.40. The zero-order valence-electron chi connectivity index (χ0n) is 15.3. The molecule has 0 bridgehead atoms. The van der Waals surface area contributed by atoms with Crippen LogP contribution in [0.1, 0.15) is 38.1 Å². The van der Waals surface area contributed by atoms with Crippen LogP contribution in [0.2, 0.25) is 0 Å². The molecule has 7 heteroatoms. The summed E-state index contributed by atoms with van der Waals surface area (Å²) in [7, 11) is 0. The first-order valence-electron chi connectivity index (χ1n) is 9.14. The number of amides is 1. The third-order valence-electron chi connectivity index (χ3n) is 5.12. The third kappa shape index (κ3) is 4.46. The average Bonchev–Trinajstić information content (AvgIpc) is 2.56. The molecule has 2 fully saturated rings. The summed E-state index contributed by atoms with van der Waals surface area (Å²) in [6, 6.07) is 0.516. The summed E-state index contributed by atoms with van der Waals surface area (Å²) >= 11 is 0. The molecular weight excluding hydrogens is 320 g/mol. The molecule has 0 radical (unpaired) electrons. The highest BCUT2D eigenvalue weighted by atomic mass is 16.5. The Morgan fingerprint density at radius 3 is 2.52 bits per heavy atom. The highest BCUT2D eigenvalue weighted by molar-refractivity contribution is 5.78. The van der Waals surface area contributed by atoms with E-state index in [-0.39, 0.29) is 30.1 Å². The van der Waals surface area contributed by atoms with Gasteiger partial charge in [0.15, 0.2) is 0 Å². The normalized spacial score (nSPS) is 26.0. The summed E-state index contributed by atoms with van der Waals surface area (Å²) in [5.41, 5.74) is 0.223. The van der Waals surface area contributed by atoms with Crippen LogP contribution < -0.4 is 5.56 Å². The standard InChI is InChI=1S/C18H28N4O3/c1-12-10-22(11-13(2)25-12)16-4-6-21(7-5-16)17(23)8-15-9-19-14(3)20-18(15)24/h9,12-13,16H,4-8,10-11H2,1-3H3,(H,19,20,24)/t12-,13+. The van der Waals surface area contributed by atoms with Crippen LogP contribution in [-0.2, 0) is 16.0 Å². The first-order chi connectivity index (χ1) is 11.9. The third-order valence-corrected chi connectivity index (χ3v) is 5.12. The van der Waals surface area contributed by atoms with Crippen LogP contribution in [0.4, 0.5) is 0 Å². The van der Waals surface area contributed by atoms with Gasteiger partial charge in [-0.3, -0.25) is 14.5 Å². The van der Waals surface area contributed by atoms with Gasteiger partial charge in [0, 0.05) is 44.0 Å². The lowest BCUT2D eigenvalue weighted by atomic mass is 10.0. The molecule has 2 saturated heterocycles. The second-order valence-corrected chi connectivity index (χ2v) is 7.32. The molecule has 0 spiro atoms. The van der Waals surface area contributed by atoms with Crippen molar-refractivity contribution in [2.75, 3.05) is 26.2 Å². The highest BCUT2D eigenvalue weighted by Gasteiger charge is 2.31. The van der Waals surface area contributed by atoms with Crippen molar-refractivity contribution in [2.24, 2.45) is 0 Å². The lowest BCUT2D eigenvalue weighted by Gasteiger charge is -2.43. The van der Waals surface area contributed by atoms with Gasteiger partial charge in [0.2, 0.25) is 5.91 Å². The summed E-state index contributed by atoms with van der Waals surface area (Å²) in [5, 5.41) is 0. The van der Waals surface area contributed by atoms with E-state index in [2.05, 4.69) is 28.7 Å². The van der Waals surface area contributed by atoms with Gasteiger partial charge in [-0.15, -0.1) is 0 Å². The van der Waals surface area contributed by atoms with E-state index in [1.165, 1.54) is 6.20 Å². The summed E-state index contributed by atoms with van der Waals surface area (Å²) < 4.78 is 5.81. The van der Waals surface area contributed by atoms with E-state index in [1.807, 2.05) is 4.90 Å². The Labute approximate surface area is 148 Å². The number of H-pyrrole nitrogens is 1. The van der Waals surface area contributed by atoms with Gasteiger partial charge >= 0.3 is 0 Å². The van der Waals surface area contributed by atoms with Crippen LogP contribution in [0.25, 0.3) is 0 Å². The van der Waals surface area contributed by atoms with Crippen molar-refractivity contribution in [3.8, 4) is 0 Å². The molecule has 1 aromatic heterocycles.